The van der Waals surface area contributed by atoms with Gasteiger partial charge in [-0.1, -0.05) is 0 Å². The Morgan fingerprint density at radius 2 is 1.94 bits per heavy atom. The molecule has 2 aliphatic heterocycles. The van der Waals surface area contributed by atoms with Gasteiger partial charge in [-0.05, 0) is 25.8 Å². The number of piperidine rings is 1. The highest BCUT2D eigenvalue weighted by atomic mass is 16.4. The van der Waals surface area contributed by atoms with E-state index in [1.165, 1.54) is 4.90 Å². The van der Waals surface area contributed by atoms with Gasteiger partial charge in [-0.25, -0.2) is 4.79 Å². The molecule has 0 aliphatic carbocycles. The van der Waals surface area contributed by atoms with Gasteiger partial charge in [-0.2, -0.15) is 0 Å². The van der Waals surface area contributed by atoms with Crippen molar-refractivity contribution in [3.63, 3.8) is 0 Å². The molecule has 0 spiro atoms. The van der Waals surface area contributed by atoms with Gasteiger partial charge in [0.2, 0.25) is 5.91 Å². The van der Waals surface area contributed by atoms with Gasteiger partial charge >= 0.3 is 6.09 Å². The summed E-state index contributed by atoms with van der Waals surface area (Å²) in [4.78, 5) is 24.0. The Hall–Kier alpha value is -1.30. The summed E-state index contributed by atoms with van der Waals surface area (Å²) in [5.74, 6) is 0.0648. The molecule has 6 nitrogen and oxygen atoms in total. The van der Waals surface area contributed by atoms with Crippen LogP contribution in [-0.2, 0) is 4.79 Å². The average molecular weight is 241 g/mol. The number of carboxylic acid groups (broad SMARTS) is 1. The van der Waals surface area contributed by atoms with E-state index in [9.17, 15) is 9.59 Å². The van der Waals surface area contributed by atoms with Gasteiger partial charge in [-0.15, -0.1) is 0 Å². The van der Waals surface area contributed by atoms with Crippen molar-refractivity contribution in [1.29, 1.82) is 0 Å². The number of carbonyl (C=O) groups excluding carboxylic acids is 1. The average Bonchev–Trinajstić information content (AvgIpc) is 2.82. The van der Waals surface area contributed by atoms with Crippen molar-refractivity contribution in [1.82, 2.24) is 15.5 Å². The van der Waals surface area contributed by atoms with Crippen LogP contribution in [0.1, 0.15) is 19.3 Å². The summed E-state index contributed by atoms with van der Waals surface area (Å²) in [6.07, 6.45) is 1.37. The maximum Gasteiger partial charge on any atom is 0.407 e. The second-order valence-electron chi connectivity index (χ2n) is 4.74. The fraction of sp³-hybridized carbons (Fsp3) is 0.818. The highest BCUT2D eigenvalue weighted by Crippen LogP contribution is 2.17. The zero-order valence-corrected chi connectivity index (χ0v) is 9.82. The van der Waals surface area contributed by atoms with Crippen LogP contribution in [0.3, 0.4) is 0 Å². The minimum absolute atomic E-state index is 0.0220. The van der Waals surface area contributed by atoms with Gasteiger partial charge in [0.25, 0.3) is 0 Å². The van der Waals surface area contributed by atoms with E-state index >= 15 is 0 Å². The van der Waals surface area contributed by atoms with Crippen LogP contribution in [0.5, 0.6) is 0 Å². The molecule has 0 aromatic heterocycles. The molecule has 0 radical (unpaired) electrons. The van der Waals surface area contributed by atoms with E-state index in [1.807, 2.05) is 0 Å². The van der Waals surface area contributed by atoms with Crippen molar-refractivity contribution >= 4 is 12.0 Å². The first kappa shape index (κ1) is 12.2. The van der Waals surface area contributed by atoms with Crippen molar-refractivity contribution in [3.05, 3.63) is 0 Å². The molecule has 0 aromatic rings. The molecule has 0 unspecified atom stereocenters. The lowest BCUT2D eigenvalue weighted by Crippen LogP contribution is -2.45. The van der Waals surface area contributed by atoms with E-state index < -0.39 is 6.09 Å². The van der Waals surface area contributed by atoms with Crippen LogP contribution < -0.4 is 10.6 Å². The van der Waals surface area contributed by atoms with Crippen molar-refractivity contribution in [3.8, 4) is 0 Å². The van der Waals surface area contributed by atoms with E-state index in [1.54, 1.807) is 0 Å². The Kier molecular flexibility index (Phi) is 3.83. The molecule has 2 heterocycles. The van der Waals surface area contributed by atoms with Gasteiger partial charge in [0, 0.05) is 31.6 Å². The summed E-state index contributed by atoms with van der Waals surface area (Å²) in [6.45, 7) is 2.74. The molecule has 2 saturated heterocycles. The smallest absolute Gasteiger partial charge is 0.407 e. The van der Waals surface area contributed by atoms with Gasteiger partial charge < -0.3 is 20.6 Å². The van der Waals surface area contributed by atoms with E-state index in [2.05, 4.69) is 10.6 Å². The zero-order valence-electron chi connectivity index (χ0n) is 9.82. The van der Waals surface area contributed by atoms with E-state index in [4.69, 9.17) is 5.11 Å². The first-order chi connectivity index (χ1) is 8.16. The molecule has 0 aromatic carbocycles. The van der Waals surface area contributed by atoms with Crippen LogP contribution in [0.15, 0.2) is 0 Å². The summed E-state index contributed by atoms with van der Waals surface area (Å²) >= 11 is 0. The molecule has 0 bridgehead atoms. The number of carbonyl (C=O) groups is 2. The number of amides is 2. The molecule has 1 atom stereocenters. The first-order valence-corrected chi connectivity index (χ1v) is 6.16. The van der Waals surface area contributed by atoms with Crippen molar-refractivity contribution in [2.24, 2.45) is 5.92 Å². The molecule has 2 amide bonds. The number of nitrogens with zero attached hydrogens (tertiary/aromatic N) is 1. The Labute approximate surface area is 100 Å². The zero-order chi connectivity index (χ0) is 12.3. The highest BCUT2D eigenvalue weighted by molar-refractivity contribution is 5.79. The van der Waals surface area contributed by atoms with Crippen molar-refractivity contribution in [2.45, 2.75) is 25.3 Å². The summed E-state index contributed by atoms with van der Waals surface area (Å²) in [5, 5.41) is 15.0. The monoisotopic (exact) mass is 241 g/mol. The van der Waals surface area contributed by atoms with Gasteiger partial charge in [0.15, 0.2) is 0 Å². The summed E-state index contributed by atoms with van der Waals surface area (Å²) in [5.41, 5.74) is 0. The minimum atomic E-state index is -0.885. The van der Waals surface area contributed by atoms with E-state index in [0.717, 1.165) is 19.5 Å². The Balaban J connectivity index is 1.75. The van der Waals surface area contributed by atoms with Gasteiger partial charge in [0.1, 0.15) is 0 Å². The van der Waals surface area contributed by atoms with Crippen molar-refractivity contribution < 1.29 is 14.7 Å². The molecule has 96 valence electrons. The second kappa shape index (κ2) is 5.35. The lowest BCUT2D eigenvalue weighted by atomic mass is 9.96. The molecule has 2 aliphatic rings. The number of likely N-dealkylation sites (tertiary alicyclic amines) is 1. The third-order valence-corrected chi connectivity index (χ3v) is 3.54. The maximum absolute atomic E-state index is 11.9. The normalized spacial score (nSPS) is 25.9. The van der Waals surface area contributed by atoms with Gasteiger partial charge in [0.05, 0.1) is 0 Å². The van der Waals surface area contributed by atoms with Crippen LogP contribution >= 0.6 is 0 Å². The van der Waals surface area contributed by atoms with Crippen LogP contribution in [0.4, 0.5) is 4.79 Å². The SMILES string of the molecule is O=C(N[C@H]1CCNC1)C1CCN(C(=O)O)CC1. The minimum Gasteiger partial charge on any atom is -0.465 e. The predicted octanol–water partition coefficient (Wildman–Crippen LogP) is -0.145. The van der Waals surface area contributed by atoms with Crippen LogP contribution in [0, 0.1) is 5.92 Å². The lowest BCUT2D eigenvalue weighted by Gasteiger charge is -2.29. The highest BCUT2D eigenvalue weighted by Gasteiger charge is 2.28. The summed E-state index contributed by atoms with van der Waals surface area (Å²) < 4.78 is 0. The Morgan fingerprint density at radius 1 is 1.24 bits per heavy atom. The third-order valence-electron chi connectivity index (χ3n) is 3.54. The molecular formula is C11H19N3O3. The fourth-order valence-electron chi connectivity index (χ4n) is 2.43. The quantitative estimate of drug-likeness (QED) is 0.628. The third kappa shape index (κ3) is 3.09. The Bertz CT molecular complexity index is 294. The molecular weight excluding hydrogens is 222 g/mol. The van der Waals surface area contributed by atoms with Crippen LogP contribution in [0.2, 0.25) is 0 Å². The largest absolute Gasteiger partial charge is 0.465 e. The molecule has 2 fully saturated rings. The number of hydrogen-bond acceptors (Lipinski definition) is 3. The summed E-state index contributed by atoms with van der Waals surface area (Å²) in [7, 11) is 0. The van der Waals surface area contributed by atoms with E-state index in [-0.39, 0.29) is 17.9 Å². The topological polar surface area (TPSA) is 81.7 Å². The molecule has 0 saturated carbocycles. The van der Waals surface area contributed by atoms with Crippen LogP contribution in [0.25, 0.3) is 0 Å². The lowest BCUT2D eigenvalue weighted by molar-refractivity contribution is -0.126. The predicted molar refractivity (Wildman–Crippen MR) is 61.7 cm³/mol. The fourth-order valence-corrected chi connectivity index (χ4v) is 2.43. The van der Waals surface area contributed by atoms with Crippen LogP contribution in [-0.4, -0.2) is 54.2 Å². The van der Waals surface area contributed by atoms with E-state index in [0.29, 0.717) is 25.9 Å². The molecule has 6 heteroatoms. The molecule has 2 rings (SSSR count). The second-order valence-corrected chi connectivity index (χ2v) is 4.74. The van der Waals surface area contributed by atoms with Gasteiger partial charge in [-0.3, -0.25) is 4.79 Å². The summed E-state index contributed by atoms with van der Waals surface area (Å²) in [6, 6.07) is 0.250. The van der Waals surface area contributed by atoms with Crippen molar-refractivity contribution in [2.75, 3.05) is 26.2 Å². The maximum atomic E-state index is 11.9. The standard InChI is InChI=1S/C11H19N3O3/c15-10(13-9-1-4-12-7-9)8-2-5-14(6-3-8)11(16)17/h8-9,12H,1-7H2,(H,13,15)(H,16,17)/t9-/m0/s1. The molecule has 3 N–H and O–H groups in total. The number of nitrogens with one attached hydrogen (secondary N) is 2. The number of rotatable bonds is 2. The Morgan fingerprint density at radius 3 is 2.47 bits per heavy atom. The first-order valence-electron chi connectivity index (χ1n) is 6.16. The number of hydrogen-bond donors (Lipinski definition) is 3. The molecule has 17 heavy (non-hydrogen) atoms.